The molecule has 0 aromatic heterocycles. The van der Waals surface area contributed by atoms with Crippen molar-refractivity contribution in [2.45, 2.75) is 6.10 Å². The monoisotopic (exact) mass is 277 g/mol. The van der Waals surface area contributed by atoms with Crippen LogP contribution in [0.3, 0.4) is 0 Å². The quantitative estimate of drug-likeness (QED) is 0.832. The van der Waals surface area contributed by atoms with Crippen molar-refractivity contribution in [3.05, 3.63) is 35.9 Å². The number of methoxy groups -OCH3 is 1. The maximum atomic E-state index is 12.0. The number of hydrogen-bond acceptors (Lipinski definition) is 4. The Hall–Kier alpha value is -1.85. The highest BCUT2D eigenvalue weighted by Crippen LogP contribution is 2.13. The number of morpholine rings is 1. The van der Waals surface area contributed by atoms with Gasteiger partial charge in [-0.3, -0.25) is 4.79 Å². The van der Waals surface area contributed by atoms with Crippen LogP contribution in [0, 0.1) is 0 Å². The van der Waals surface area contributed by atoms with Crippen molar-refractivity contribution in [3.63, 3.8) is 0 Å². The minimum absolute atomic E-state index is 0.0635. The lowest BCUT2D eigenvalue weighted by atomic mass is 10.2. The highest BCUT2D eigenvalue weighted by Gasteiger charge is 2.21. The van der Waals surface area contributed by atoms with Gasteiger partial charge < -0.3 is 19.5 Å². The van der Waals surface area contributed by atoms with Gasteiger partial charge in [0.15, 0.2) is 0 Å². The first-order valence-corrected chi connectivity index (χ1v) is 6.56. The normalized spacial score (nSPS) is 19.3. The third-order valence-electron chi connectivity index (χ3n) is 3.19. The molecule has 0 aliphatic carbocycles. The molecule has 5 heteroatoms. The first kappa shape index (κ1) is 14.6. The summed E-state index contributed by atoms with van der Waals surface area (Å²) in [5, 5.41) is 9.06. The Balaban J connectivity index is 1.94. The number of aliphatic hydroxyl groups is 1. The molecule has 108 valence electrons. The molecule has 1 aliphatic heterocycles. The molecule has 0 saturated carbocycles. The number of carbonyl (C=O) groups is 1. The van der Waals surface area contributed by atoms with Gasteiger partial charge in [-0.25, -0.2) is 0 Å². The standard InChI is InChI=1S/C15H19NO4/c1-19-13-5-2-12(3-6-13)4-7-15(18)16-8-9-20-14(10-16)11-17/h2-7,14,17H,8-11H2,1H3/b7-4+. The second-order valence-corrected chi connectivity index (χ2v) is 4.57. The van der Waals surface area contributed by atoms with Gasteiger partial charge in [0, 0.05) is 19.2 Å². The van der Waals surface area contributed by atoms with E-state index >= 15 is 0 Å². The molecule has 1 amide bonds. The molecule has 0 spiro atoms. The highest BCUT2D eigenvalue weighted by molar-refractivity contribution is 5.91. The number of nitrogens with zero attached hydrogens (tertiary/aromatic N) is 1. The summed E-state index contributed by atoms with van der Waals surface area (Å²) in [6, 6.07) is 7.47. The predicted octanol–water partition coefficient (Wildman–Crippen LogP) is 0.928. The third-order valence-corrected chi connectivity index (χ3v) is 3.19. The number of carbonyl (C=O) groups excluding carboxylic acids is 1. The van der Waals surface area contributed by atoms with E-state index in [4.69, 9.17) is 14.6 Å². The molecule has 1 aromatic rings. The van der Waals surface area contributed by atoms with E-state index in [1.54, 1.807) is 24.2 Å². The van der Waals surface area contributed by atoms with Crippen LogP contribution >= 0.6 is 0 Å². The van der Waals surface area contributed by atoms with Gasteiger partial charge in [0.05, 0.1) is 26.4 Å². The Morgan fingerprint density at radius 2 is 2.25 bits per heavy atom. The van der Waals surface area contributed by atoms with Crippen LogP contribution < -0.4 is 4.74 Å². The first-order valence-electron chi connectivity index (χ1n) is 6.56. The summed E-state index contributed by atoms with van der Waals surface area (Å²) in [5.74, 6) is 0.718. The molecule has 1 fully saturated rings. The molecule has 1 N–H and O–H groups in total. The summed E-state index contributed by atoms with van der Waals surface area (Å²) in [7, 11) is 1.62. The Bertz CT molecular complexity index is 469. The molecule has 1 aliphatic rings. The molecule has 20 heavy (non-hydrogen) atoms. The van der Waals surface area contributed by atoms with E-state index in [9.17, 15) is 4.79 Å². The van der Waals surface area contributed by atoms with Gasteiger partial charge in [-0.15, -0.1) is 0 Å². The van der Waals surface area contributed by atoms with Gasteiger partial charge in [0.1, 0.15) is 5.75 Å². The van der Waals surface area contributed by atoms with Gasteiger partial charge in [-0.05, 0) is 23.8 Å². The zero-order valence-corrected chi connectivity index (χ0v) is 11.5. The number of ether oxygens (including phenoxy) is 2. The van der Waals surface area contributed by atoms with E-state index in [-0.39, 0.29) is 18.6 Å². The van der Waals surface area contributed by atoms with Crippen LogP contribution in [-0.4, -0.2) is 55.4 Å². The lowest BCUT2D eigenvalue weighted by Gasteiger charge is -2.31. The van der Waals surface area contributed by atoms with Crippen LogP contribution in [0.1, 0.15) is 5.56 Å². The van der Waals surface area contributed by atoms with Crippen LogP contribution in [0.25, 0.3) is 6.08 Å². The van der Waals surface area contributed by atoms with Gasteiger partial charge in [0.2, 0.25) is 5.91 Å². The first-order chi connectivity index (χ1) is 9.72. The summed E-state index contributed by atoms with van der Waals surface area (Å²) in [5.41, 5.74) is 0.936. The third kappa shape index (κ3) is 3.82. The molecule has 0 bridgehead atoms. The van der Waals surface area contributed by atoms with Crippen LogP contribution in [0.15, 0.2) is 30.3 Å². The molecule has 1 heterocycles. The molecular formula is C15H19NO4. The molecule has 1 unspecified atom stereocenters. The number of amides is 1. The van der Waals surface area contributed by atoms with E-state index in [1.165, 1.54) is 0 Å². The van der Waals surface area contributed by atoms with Crippen LogP contribution in [-0.2, 0) is 9.53 Å². The smallest absolute Gasteiger partial charge is 0.246 e. The fourth-order valence-electron chi connectivity index (χ4n) is 2.02. The number of benzene rings is 1. The van der Waals surface area contributed by atoms with Crippen molar-refractivity contribution in [1.82, 2.24) is 4.90 Å². The molecule has 2 rings (SSSR count). The summed E-state index contributed by atoms with van der Waals surface area (Å²) < 4.78 is 10.4. The van der Waals surface area contributed by atoms with Crippen LogP contribution in [0.5, 0.6) is 5.75 Å². The van der Waals surface area contributed by atoms with Crippen molar-refractivity contribution in [1.29, 1.82) is 0 Å². The number of hydrogen-bond donors (Lipinski definition) is 1. The molecular weight excluding hydrogens is 258 g/mol. The molecule has 1 saturated heterocycles. The average Bonchev–Trinajstić information content (AvgIpc) is 2.53. The zero-order chi connectivity index (χ0) is 14.4. The number of rotatable bonds is 4. The Labute approximate surface area is 118 Å². The van der Waals surface area contributed by atoms with E-state index in [0.29, 0.717) is 19.7 Å². The summed E-state index contributed by atoms with van der Waals surface area (Å²) in [6.07, 6.45) is 3.04. The minimum atomic E-state index is -0.276. The average molecular weight is 277 g/mol. The van der Waals surface area contributed by atoms with Crippen molar-refractivity contribution < 1.29 is 19.4 Å². The lowest BCUT2D eigenvalue weighted by Crippen LogP contribution is -2.46. The summed E-state index contributed by atoms with van der Waals surface area (Å²) >= 11 is 0. The Morgan fingerprint density at radius 3 is 2.90 bits per heavy atom. The van der Waals surface area contributed by atoms with E-state index in [0.717, 1.165) is 11.3 Å². The van der Waals surface area contributed by atoms with Crippen molar-refractivity contribution in [2.24, 2.45) is 0 Å². The van der Waals surface area contributed by atoms with Gasteiger partial charge >= 0.3 is 0 Å². The van der Waals surface area contributed by atoms with E-state index < -0.39 is 0 Å². The summed E-state index contributed by atoms with van der Waals surface area (Å²) in [4.78, 5) is 13.7. The van der Waals surface area contributed by atoms with Crippen LogP contribution in [0.4, 0.5) is 0 Å². The lowest BCUT2D eigenvalue weighted by molar-refractivity contribution is -0.134. The second kappa shape index (κ2) is 7.07. The molecule has 5 nitrogen and oxygen atoms in total. The maximum Gasteiger partial charge on any atom is 0.246 e. The molecule has 1 atom stereocenters. The highest BCUT2D eigenvalue weighted by atomic mass is 16.5. The SMILES string of the molecule is COc1ccc(/C=C/C(=O)N2CCOC(CO)C2)cc1. The minimum Gasteiger partial charge on any atom is -0.497 e. The van der Waals surface area contributed by atoms with Gasteiger partial charge in [-0.2, -0.15) is 0 Å². The van der Waals surface area contributed by atoms with Crippen molar-refractivity contribution >= 4 is 12.0 Å². The topological polar surface area (TPSA) is 59.0 Å². The van der Waals surface area contributed by atoms with E-state index in [1.807, 2.05) is 24.3 Å². The fraction of sp³-hybridized carbons (Fsp3) is 0.400. The van der Waals surface area contributed by atoms with Gasteiger partial charge in [0.25, 0.3) is 0 Å². The van der Waals surface area contributed by atoms with Crippen molar-refractivity contribution in [2.75, 3.05) is 33.4 Å². The zero-order valence-electron chi connectivity index (χ0n) is 11.5. The van der Waals surface area contributed by atoms with Gasteiger partial charge in [-0.1, -0.05) is 12.1 Å². The second-order valence-electron chi connectivity index (χ2n) is 4.57. The fourth-order valence-corrected chi connectivity index (χ4v) is 2.02. The summed E-state index contributed by atoms with van der Waals surface area (Å²) in [6.45, 7) is 1.39. The molecule has 1 aromatic carbocycles. The Kier molecular flexibility index (Phi) is 5.15. The van der Waals surface area contributed by atoms with E-state index in [2.05, 4.69) is 0 Å². The largest absolute Gasteiger partial charge is 0.497 e. The maximum absolute atomic E-state index is 12.0. The molecule has 0 radical (unpaired) electrons. The van der Waals surface area contributed by atoms with Crippen molar-refractivity contribution in [3.8, 4) is 5.75 Å². The van der Waals surface area contributed by atoms with Crippen LogP contribution in [0.2, 0.25) is 0 Å². The predicted molar refractivity (Wildman–Crippen MR) is 75.4 cm³/mol. The Morgan fingerprint density at radius 1 is 1.50 bits per heavy atom. The number of aliphatic hydroxyl groups excluding tert-OH is 1.